The van der Waals surface area contributed by atoms with Crippen molar-refractivity contribution in [3.63, 3.8) is 0 Å². The molecule has 10 heteroatoms. The second kappa shape index (κ2) is 8.12. The number of imide groups is 1. The van der Waals surface area contributed by atoms with Gasteiger partial charge in [0.15, 0.2) is 0 Å². The number of nitrogens with zero attached hydrogens (tertiary/aromatic N) is 4. The Morgan fingerprint density at radius 2 is 1.72 bits per heavy atom. The lowest BCUT2D eigenvalue weighted by Crippen LogP contribution is -2.64. The second-order valence-corrected chi connectivity index (χ2v) is 12.0. The summed E-state index contributed by atoms with van der Waals surface area (Å²) in [6.45, 7) is 5.63. The minimum absolute atomic E-state index is 0.0105. The first-order valence-electron chi connectivity index (χ1n) is 12.2. The van der Waals surface area contributed by atoms with Crippen LogP contribution in [-0.4, -0.2) is 76.3 Å². The highest BCUT2D eigenvalue weighted by atomic mass is 32.1. The van der Waals surface area contributed by atoms with Crippen molar-refractivity contribution < 1.29 is 23.9 Å². The number of aromatic nitrogens is 1. The Bertz CT molecular complexity index is 1220. The number of carbonyl (C=O) groups excluding carboxylic acids is 4. The van der Waals surface area contributed by atoms with Gasteiger partial charge >= 0.3 is 6.09 Å². The maximum Gasteiger partial charge on any atom is 0.417 e. The van der Waals surface area contributed by atoms with E-state index in [2.05, 4.69) is 18.8 Å². The summed E-state index contributed by atoms with van der Waals surface area (Å²) in [5, 5.41) is 0. The van der Waals surface area contributed by atoms with E-state index in [0.717, 1.165) is 12.0 Å². The number of carbonyl (C=O) groups is 4. The van der Waals surface area contributed by atoms with Crippen LogP contribution < -0.4 is 0 Å². The van der Waals surface area contributed by atoms with Crippen molar-refractivity contribution in [2.75, 3.05) is 32.8 Å². The predicted octanol–water partition coefficient (Wildman–Crippen LogP) is 2.81. The minimum Gasteiger partial charge on any atom is -0.446 e. The van der Waals surface area contributed by atoms with Crippen molar-refractivity contribution in [2.45, 2.75) is 26.3 Å². The zero-order valence-electron chi connectivity index (χ0n) is 20.3. The van der Waals surface area contributed by atoms with Crippen LogP contribution >= 0.6 is 11.3 Å². The fourth-order valence-electron chi connectivity index (χ4n) is 5.99. The Hall–Kier alpha value is -3.27. The molecule has 1 aromatic heterocycles. The van der Waals surface area contributed by atoms with Gasteiger partial charge in [0.05, 0.1) is 17.6 Å². The molecule has 36 heavy (non-hydrogen) atoms. The monoisotopic (exact) mass is 508 g/mol. The lowest BCUT2D eigenvalue weighted by molar-refractivity contribution is -0.154. The van der Waals surface area contributed by atoms with Crippen LogP contribution in [0.25, 0.3) is 0 Å². The van der Waals surface area contributed by atoms with Gasteiger partial charge in [-0.3, -0.25) is 19.4 Å². The van der Waals surface area contributed by atoms with E-state index in [-0.39, 0.29) is 42.2 Å². The highest BCUT2D eigenvalue weighted by Crippen LogP contribution is 2.55. The molecule has 0 radical (unpaired) electrons. The number of hydrogen-bond acceptors (Lipinski definition) is 7. The minimum atomic E-state index is -0.664. The number of thiazole rings is 1. The van der Waals surface area contributed by atoms with Crippen molar-refractivity contribution in [3.8, 4) is 0 Å². The van der Waals surface area contributed by atoms with Crippen LogP contribution in [0.1, 0.15) is 41.5 Å². The molecule has 6 rings (SSSR count). The van der Waals surface area contributed by atoms with E-state index < -0.39 is 23.5 Å². The van der Waals surface area contributed by atoms with Crippen molar-refractivity contribution >= 4 is 35.2 Å². The maximum absolute atomic E-state index is 14.0. The van der Waals surface area contributed by atoms with E-state index in [1.54, 1.807) is 10.4 Å². The van der Waals surface area contributed by atoms with Crippen molar-refractivity contribution in [1.82, 2.24) is 19.7 Å². The molecule has 4 heterocycles. The molecule has 0 bridgehead atoms. The van der Waals surface area contributed by atoms with E-state index in [9.17, 15) is 19.2 Å². The highest BCUT2D eigenvalue weighted by molar-refractivity contribution is 7.11. The molecule has 3 atom stereocenters. The molecule has 1 spiro atoms. The third kappa shape index (κ3) is 3.61. The van der Waals surface area contributed by atoms with Crippen LogP contribution in [0, 0.1) is 22.7 Å². The molecule has 188 valence electrons. The largest absolute Gasteiger partial charge is 0.446 e. The molecule has 2 aromatic rings. The first-order valence-corrected chi connectivity index (χ1v) is 13.1. The summed E-state index contributed by atoms with van der Waals surface area (Å²) in [4.78, 5) is 62.2. The first-order chi connectivity index (χ1) is 17.2. The molecule has 3 aliphatic heterocycles. The number of hydrogen-bond donors (Lipinski definition) is 0. The van der Waals surface area contributed by atoms with Crippen LogP contribution in [0.3, 0.4) is 0 Å². The van der Waals surface area contributed by atoms with Crippen LogP contribution in [-0.2, 0) is 14.3 Å². The summed E-state index contributed by atoms with van der Waals surface area (Å²) in [7, 11) is 0. The zero-order chi connectivity index (χ0) is 25.2. The van der Waals surface area contributed by atoms with Gasteiger partial charge < -0.3 is 14.5 Å². The molecule has 4 aliphatic rings. The summed E-state index contributed by atoms with van der Waals surface area (Å²) in [6, 6.07) is 8.84. The van der Waals surface area contributed by atoms with Gasteiger partial charge in [-0.15, -0.1) is 11.3 Å². The maximum atomic E-state index is 14.0. The third-order valence-corrected chi connectivity index (χ3v) is 9.07. The van der Waals surface area contributed by atoms with E-state index in [1.165, 1.54) is 22.4 Å². The molecule has 4 fully saturated rings. The van der Waals surface area contributed by atoms with Crippen LogP contribution in [0.2, 0.25) is 0 Å². The Morgan fingerprint density at radius 1 is 1.03 bits per heavy atom. The van der Waals surface area contributed by atoms with Crippen LogP contribution in [0.4, 0.5) is 4.79 Å². The summed E-state index contributed by atoms with van der Waals surface area (Å²) < 4.78 is 5.30. The SMILES string of the molecule is CC1(C)C[C@@H]1C(=O)N1CC2(CN(C(=O)c3cncs3)C[C@@H]2C(=O)N2C(=O)OC[C@H]2c2ccccc2)C1. The van der Waals surface area contributed by atoms with Crippen molar-refractivity contribution in [3.05, 3.63) is 52.5 Å². The van der Waals surface area contributed by atoms with Gasteiger partial charge in [-0.25, -0.2) is 9.69 Å². The van der Waals surface area contributed by atoms with E-state index in [0.29, 0.717) is 24.5 Å². The summed E-state index contributed by atoms with van der Waals surface area (Å²) in [5.74, 6) is -1.00. The summed E-state index contributed by atoms with van der Waals surface area (Å²) in [6.07, 6.45) is 1.74. The van der Waals surface area contributed by atoms with Crippen molar-refractivity contribution in [2.24, 2.45) is 22.7 Å². The first kappa shape index (κ1) is 23.1. The Kier molecular flexibility index (Phi) is 5.22. The lowest BCUT2D eigenvalue weighted by atomic mass is 9.70. The molecular weight excluding hydrogens is 480 g/mol. The average Bonchev–Trinajstić information content (AvgIpc) is 3.33. The van der Waals surface area contributed by atoms with Crippen LogP contribution in [0.15, 0.2) is 42.0 Å². The van der Waals surface area contributed by atoms with Gasteiger partial charge in [-0.1, -0.05) is 44.2 Å². The molecular formula is C26H28N4O5S. The molecule has 0 N–H and O–H groups in total. The normalized spacial score (nSPS) is 27.7. The lowest BCUT2D eigenvalue weighted by Gasteiger charge is -2.51. The van der Waals surface area contributed by atoms with Gasteiger partial charge in [0.1, 0.15) is 17.5 Å². The number of likely N-dealkylation sites (tertiary alicyclic amines) is 2. The Morgan fingerprint density at radius 3 is 2.36 bits per heavy atom. The number of ether oxygens (including phenoxy) is 1. The van der Waals surface area contributed by atoms with E-state index >= 15 is 0 Å². The molecule has 9 nitrogen and oxygen atoms in total. The van der Waals surface area contributed by atoms with Crippen LogP contribution in [0.5, 0.6) is 0 Å². The summed E-state index contributed by atoms with van der Waals surface area (Å²) in [5.41, 5.74) is 1.85. The van der Waals surface area contributed by atoms with Gasteiger partial charge in [0, 0.05) is 37.5 Å². The highest BCUT2D eigenvalue weighted by Gasteiger charge is 2.63. The van der Waals surface area contributed by atoms with Gasteiger partial charge in [0.2, 0.25) is 11.8 Å². The molecule has 0 unspecified atom stereocenters. The van der Waals surface area contributed by atoms with Gasteiger partial charge in [-0.2, -0.15) is 0 Å². The number of cyclic esters (lactones) is 1. The summed E-state index contributed by atoms with van der Waals surface area (Å²) >= 11 is 1.26. The smallest absolute Gasteiger partial charge is 0.417 e. The van der Waals surface area contributed by atoms with Gasteiger partial charge in [0.25, 0.3) is 5.91 Å². The predicted molar refractivity (Wildman–Crippen MR) is 130 cm³/mol. The second-order valence-electron chi connectivity index (χ2n) is 11.1. The number of rotatable bonds is 4. The number of amides is 4. The van der Waals surface area contributed by atoms with E-state index in [1.807, 2.05) is 35.2 Å². The van der Waals surface area contributed by atoms with Gasteiger partial charge in [-0.05, 0) is 17.4 Å². The standard InChI is InChI=1S/C26H28N4O5S/c1-25(2)8-17(25)21(31)29-13-26(14-29)12-28(23(33)20-9-27-15-36-20)10-18(26)22(32)30-19(11-35-24(30)34)16-6-4-3-5-7-16/h3-7,9,15,17-19H,8,10-14H2,1-2H3/t17-,18-,19+/m1/s1. The topological polar surface area (TPSA) is 100 Å². The zero-order valence-corrected chi connectivity index (χ0v) is 21.1. The fraction of sp³-hybridized carbons (Fsp3) is 0.500. The molecule has 1 aromatic carbocycles. The third-order valence-electron chi connectivity index (χ3n) is 8.31. The number of benzene rings is 1. The Balaban J connectivity index is 1.27. The fourth-order valence-corrected chi connectivity index (χ4v) is 6.58. The average molecular weight is 509 g/mol. The molecule has 1 saturated carbocycles. The van der Waals surface area contributed by atoms with Crippen molar-refractivity contribution in [1.29, 1.82) is 0 Å². The Labute approximate surface area is 213 Å². The molecule has 3 saturated heterocycles. The quantitative estimate of drug-likeness (QED) is 0.630. The molecule has 4 amide bonds. The molecule has 1 aliphatic carbocycles. The van der Waals surface area contributed by atoms with E-state index in [4.69, 9.17) is 4.74 Å².